The maximum Gasteiger partial charge on any atom is 0.407 e. The van der Waals surface area contributed by atoms with E-state index in [1.54, 1.807) is 0 Å². The lowest BCUT2D eigenvalue weighted by Gasteiger charge is -2.21. The second-order valence-electron chi connectivity index (χ2n) is 5.84. The molecule has 2 rings (SSSR count). The van der Waals surface area contributed by atoms with Gasteiger partial charge in [0.1, 0.15) is 12.7 Å². The van der Waals surface area contributed by atoms with Crippen molar-refractivity contribution in [3.63, 3.8) is 0 Å². The van der Waals surface area contributed by atoms with Gasteiger partial charge in [0.2, 0.25) is 0 Å². The van der Waals surface area contributed by atoms with Crippen LogP contribution in [0.2, 0.25) is 0 Å². The molecule has 0 aliphatic heterocycles. The fourth-order valence-corrected chi connectivity index (χ4v) is 2.63. The first-order chi connectivity index (χ1) is 11.2. The Morgan fingerprint density at radius 3 is 2.57 bits per heavy atom. The van der Waals surface area contributed by atoms with Crippen LogP contribution in [0.15, 0.2) is 30.3 Å². The van der Waals surface area contributed by atoms with Gasteiger partial charge in [-0.1, -0.05) is 36.8 Å². The van der Waals surface area contributed by atoms with Crippen LogP contribution >= 0.6 is 0 Å². The molecule has 5 heteroatoms. The first kappa shape index (κ1) is 17.3. The average molecular weight is 319 g/mol. The first-order valence-corrected chi connectivity index (χ1v) is 8.38. The summed E-state index contributed by atoms with van der Waals surface area (Å²) >= 11 is 0. The summed E-state index contributed by atoms with van der Waals surface area (Å²) in [5.74, 6) is -0.170. The molecule has 126 valence electrons. The molecule has 1 fully saturated rings. The Kier molecular flexibility index (Phi) is 7.43. The van der Waals surface area contributed by atoms with Gasteiger partial charge in [-0.25, -0.2) is 4.79 Å². The zero-order valence-corrected chi connectivity index (χ0v) is 13.5. The zero-order chi connectivity index (χ0) is 16.3. The van der Waals surface area contributed by atoms with Gasteiger partial charge in [0, 0.05) is 13.0 Å². The lowest BCUT2D eigenvalue weighted by atomic mass is 9.98. The minimum atomic E-state index is -0.463. The lowest BCUT2D eigenvalue weighted by molar-refractivity contribution is -0.150. The summed E-state index contributed by atoms with van der Waals surface area (Å²) in [6.07, 6.45) is 6.02. The van der Waals surface area contributed by atoms with Crippen molar-refractivity contribution in [2.24, 2.45) is 0 Å². The predicted molar refractivity (Wildman–Crippen MR) is 86.8 cm³/mol. The van der Waals surface area contributed by atoms with E-state index in [-0.39, 0.29) is 18.7 Å². The summed E-state index contributed by atoms with van der Waals surface area (Å²) in [6.45, 7) is 0.657. The van der Waals surface area contributed by atoms with Crippen LogP contribution in [-0.2, 0) is 20.9 Å². The molecule has 1 amide bonds. The molecule has 1 aliphatic carbocycles. The molecule has 1 N–H and O–H groups in total. The van der Waals surface area contributed by atoms with Gasteiger partial charge in [0.05, 0.1) is 0 Å². The third kappa shape index (κ3) is 7.17. The van der Waals surface area contributed by atoms with Gasteiger partial charge in [0.25, 0.3) is 0 Å². The van der Waals surface area contributed by atoms with Crippen molar-refractivity contribution >= 4 is 12.1 Å². The summed E-state index contributed by atoms with van der Waals surface area (Å²) in [6, 6.07) is 9.50. The number of alkyl carbamates (subject to hydrolysis) is 1. The maximum atomic E-state index is 11.7. The van der Waals surface area contributed by atoms with Gasteiger partial charge < -0.3 is 14.8 Å². The number of rotatable bonds is 7. The topological polar surface area (TPSA) is 64.6 Å². The third-order valence-corrected chi connectivity index (χ3v) is 3.89. The van der Waals surface area contributed by atoms with Crippen molar-refractivity contribution in [1.82, 2.24) is 5.32 Å². The van der Waals surface area contributed by atoms with Crippen LogP contribution in [0.25, 0.3) is 0 Å². The number of nitrogens with one attached hydrogen (secondary N) is 1. The highest BCUT2D eigenvalue weighted by Crippen LogP contribution is 2.20. The molecular formula is C18H25NO4. The van der Waals surface area contributed by atoms with Crippen LogP contribution in [0.3, 0.4) is 0 Å². The number of carbonyl (C=O) groups excluding carboxylic acids is 2. The minimum absolute atomic E-state index is 0.0973. The Hall–Kier alpha value is -2.04. The van der Waals surface area contributed by atoms with E-state index in [0.29, 0.717) is 19.4 Å². The van der Waals surface area contributed by atoms with Crippen molar-refractivity contribution in [3.8, 4) is 0 Å². The summed E-state index contributed by atoms with van der Waals surface area (Å²) in [4.78, 5) is 23.2. The number of hydrogen-bond acceptors (Lipinski definition) is 4. The maximum absolute atomic E-state index is 11.7. The SMILES string of the molecule is O=C(CCCNC(=O)OCc1ccccc1)OC1CCCCC1. The van der Waals surface area contributed by atoms with E-state index in [0.717, 1.165) is 31.2 Å². The molecular weight excluding hydrogens is 294 g/mol. The van der Waals surface area contributed by atoms with Gasteiger partial charge in [-0.15, -0.1) is 0 Å². The molecule has 1 aromatic rings. The summed E-state index contributed by atoms with van der Waals surface area (Å²) in [5.41, 5.74) is 0.943. The molecule has 0 unspecified atom stereocenters. The van der Waals surface area contributed by atoms with E-state index in [9.17, 15) is 9.59 Å². The Morgan fingerprint density at radius 1 is 1.09 bits per heavy atom. The van der Waals surface area contributed by atoms with Gasteiger partial charge >= 0.3 is 12.1 Å². The van der Waals surface area contributed by atoms with Crippen LogP contribution in [0, 0.1) is 0 Å². The molecule has 23 heavy (non-hydrogen) atoms. The van der Waals surface area contributed by atoms with Crippen LogP contribution < -0.4 is 5.32 Å². The molecule has 0 bridgehead atoms. The number of carbonyl (C=O) groups is 2. The summed E-state index contributed by atoms with van der Waals surface area (Å²) in [5, 5.41) is 2.64. The van der Waals surface area contributed by atoms with E-state index in [1.807, 2.05) is 30.3 Å². The lowest BCUT2D eigenvalue weighted by Crippen LogP contribution is -2.26. The standard InChI is InChI=1S/C18H25NO4/c20-17(23-16-10-5-2-6-11-16)12-7-13-19-18(21)22-14-15-8-3-1-4-9-15/h1,3-4,8-9,16H,2,5-7,10-14H2,(H,19,21). The van der Waals surface area contributed by atoms with Crippen molar-refractivity contribution in [2.75, 3.05) is 6.54 Å². The van der Waals surface area contributed by atoms with Gasteiger partial charge in [-0.3, -0.25) is 4.79 Å². The van der Waals surface area contributed by atoms with Crippen molar-refractivity contribution in [2.45, 2.75) is 57.7 Å². The predicted octanol–water partition coefficient (Wildman–Crippen LogP) is 3.57. The molecule has 0 spiro atoms. The molecule has 0 radical (unpaired) electrons. The minimum Gasteiger partial charge on any atom is -0.462 e. The molecule has 0 heterocycles. The van der Waals surface area contributed by atoms with Crippen LogP contribution in [0.4, 0.5) is 4.79 Å². The van der Waals surface area contributed by atoms with Crippen molar-refractivity contribution < 1.29 is 19.1 Å². The van der Waals surface area contributed by atoms with E-state index >= 15 is 0 Å². The van der Waals surface area contributed by atoms with E-state index in [1.165, 1.54) is 6.42 Å². The largest absolute Gasteiger partial charge is 0.462 e. The third-order valence-electron chi connectivity index (χ3n) is 3.89. The van der Waals surface area contributed by atoms with Gasteiger partial charge in [-0.2, -0.15) is 0 Å². The van der Waals surface area contributed by atoms with Gasteiger partial charge in [-0.05, 0) is 37.7 Å². The van der Waals surface area contributed by atoms with Crippen LogP contribution in [-0.4, -0.2) is 24.7 Å². The number of ether oxygens (including phenoxy) is 2. The monoisotopic (exact) mass is 319 g/mol. The quantitative estimate of drug-likeness (QED) is 0.616. The van der Waals surface area contributed by atoms with E-state index in [4.69, 9.17) is 9.47 Å². The second-order valence-corrected chi connectivity index (χ2v) is 5.84. The second kappa shape index (κ2) is 9.87. The fourth-order valence-electron chi connectivity index (χ4n) is 2.63. The molecule has 1 saturated carbocycles. The van der Waals surface area contributed by atoms with Crippen molar-refractivity contribution in [3.05, 3.63) is 35.9 Å². The molecule has 0 atom stereocenters. The summed E-state index contributed by atoms with van der Waals surface area (Å²) < 4.78 is 10.5. The highest BCUT2D eigenvalue weighted by Gasteiger charge is 2.17. The number of amides is 1. The Labute approximate surface area is 137 Å². The average Bonchev–Trinajstić information content (AvgIpc) is 2.59. The number of hydrogen-bond donors (Lipinski definition) is 1. The smallest absolute Gasteiger partial charge is 0.407 e. The Morgan fingerprint density at radius 2 is 1.83 bits per heavy atom. The van der Waals surface area contributed by atoms with Crippen LogP contribution in [0.1, 0.15) is 50.5 Å². The van der Waals surface area contributed by atoms with Crippen molar-refractivity contribution in [1.29, 1.82) is 0 Å². The highest BCUT2D eigenvalue weighted by molar-refractivity contribution is 5.70. The first-order valence-electron chi connectivity index (χ1n) is 8.38. The van der Waals surface area contributed by atoms with E-state index < -0.39 is 6.09 Å². The molecule has 1 aromatic carbocycles. The zero-order valence-electron chi connectivity index (χ0n) is 13.5. The molecule has 0 saturated heterocycles. The Bertz CT molecular complexity index is 483. The fraction of sp³-hybridized carbons (Fsp3) is 0.556. The molecule has 1 aliphatic rings. The number of benzene rings is 1. The normalized spacial score (nSPS) is 15.0. The van der Waals surface area contributed by atoms with Gasteiger partial charge in [0.15, 0.2) is 0 Å². The highest BCUT2D eigenvalue weighted by atomic mass is 16.5. The van der Waals surface area contributed by atoms with Crippen LogP contribution in [0.5, 0.6) is 0 Å². The molecule has 0 aromatic heterocycles. The molecule has 5 nitrogen and oxygen atoms in total. The van der Waals surface area contributed by atoms with E-state index in [2.05, 4.69) is 5.32 Å². The summed E-state index contributed by atoms with van der Waals surface area (Å²) in [7, 11) is 0. The number of esters is 1. The Balaban J connectivity index is 1.50.